The number of carbonyl (C=O) groups is 2. The number of nitrogens with one attached hydrogen (secondary N) is 2. The summed E-state index contributed by atoms with van der Waals surface area (Å²) >= 11 is 0. The number of anilines is 2. The first-order valence-electron chi connectivity index (χ1n) is 10.2. The minimum absolute atomic E-state index is 0.166. The zero-order valence-corrected chi connectivity index (χ0v) is 18.4. The maximum atomic E-state index is 14.2. The van der Waals surface area contributed by atoms with Crippen LogP contribution in [0.15, 0.2) is 36.5 Å². The predicted octanol–water partition coefficient (Wildman–Crippen LogP) is 3.07. The van der Waals surface area contributed by atoms with Gasteiger partial charge in [0.05, 0.1) is 31.6 Å². The average Bonchev–Trinajstić information content (AvgIpc) is 2.75. The quantitative estimate of drug-likeness (QED) is 0.710. The van der Waals surface area contributed by atoms with E-state index in [1.165, 1.54) is 19.2 Å². The maximum absolute atomic E-state index is 14.2. The van der Waals surface area contributed by atoms with Gasteiger partial charge in [-0.15, -0.1) is 0 Å². The van der Waals surface area contributed by atoms with Crippen LogP contribution in [-0.4, -0.2) is 73.4 Å². The Kier molecular flexibility index (Phi) is 7.96. The van der Waals surface area contributed by atoms with Gasteiger partial charge in [0, 0.05) is 44.7 Å². The molecule has 0 saturated carbocycles. The molecule has 1 saturated heterocycles. The van der Waals surface area contributed by atoms with Crippen LogP contribution in [0.5, 0.6) is 0 Å². The SMILES string of the molecule is COC[C@@H]1CN(Cc2cc(F)cc(NC(=O)Nc3ccc(C)nc3)c2)CCN1C(=O)OC. The fourth-order valence-corrected chi connectivity index (χ4v) is 3.66. The van der Waals surface area contributed by atoms with E-state index >= 15 is 0 Å². The van der Waals surface area contributed by atoms with Crippen molar-refractivity contribution in [1.82, 2.24) is 14.8 Å². The number of hydrogen-bond acceptors (Lipinski definition) is 6. The van der Waals surface area contributed by atoms with E-state index in [-0.39, 0.29) is 6.04 Å². The molecule has 172 valence electrons. The summed E-state index contributed by atoms with van der Waals surface area (Å²) in [6.07, 6.45) is 1.16. The summed E-state index contributed by atoms with van der Waals surface area (Å²) in [6, 6.07) is 7.30. The summed E-state index contributed by atoms with van der Waals surface area (Å²) in [4.78, 5) is 32.1. The first-order chi connectivity index (χ1) is 15.4. The molecule has 1 fully saturated rings. The lowest BCUT2D eigenvalue weighted by atomic mass is 10.1. The van der Waals surface area contributed by atoms with E-state index in [2.05, 4.69) is 20.5 Å². The number of benzene rings is 1. The summed E-state index contributed by atoms with van der Waals surface area (Å²) in [5, 5.41) is 5.33. The molecule has 2 N–H and O–H groups in total. The number of urea groups is 1. The highest BCUT2D eigenvalue weighted by Crippen LogP contribution is 2.19. The lowest BCUT2D eigenvalue weighted by Crippen LogP contribution is -2.56. The number of nitrogens with zero attached hydrogens (tertiary/aromatic N) is 3. The van der Waals surface area contributed by atoms with E-state index in [0.717, 1.165) is 5.69 Å². The zero-order valence-electron chi connectivity index (χ0n) is 18.4. The van der Waals surface area contributed by atoms with E-state index in [0.29, 0.717) is 49.7 Å². The Morgan fingerprint density at radius 1 is 1.16 bits per heavy atom. The van der Waals surface area contributed by atoms with Crippen LogP contribution in [0.2, 0.25) is 0 Å². The van der Waals surface area contributed by atoms with Gasteiger partial charge in [0.2, 0.25) is 0 Å². The first-order valence-corrected chi connectivity index (χ1v) is 10.2. The van der Waals surface area contributed by atoms with Crippen LogP contribution in [0.4, 0.5) is 25.4 Å². The molecule has 2 aromatic rings. The van der Waals surface area contributed by atoms with Crippen LogP contribution >= 0.6 is 0 Å². The van der Waals surface area contributed by atoms with Crippen LogP contribution in [0.25, 0.3) is 0 Å². The third-order valence-corrected chi connectivity index (χ3v) is 5.13. The van der Waals surface area contributed by atoms with Gasteiger partial charge >= 0.3 is 12.1 Å². The number of carbonyl (C=O) groups excluding carboxylic acids is 2. The molecule has 0 bridgehead atoms. The smallest absolute Gasteiger partial charge is 0.409 e. The summed E-state index contributed by atoms with van der Waals surface area (Å²) < 4.78 is 24.3. The van der Waals surface area contributed by atoms with Crippen LogP contribution in [0.1, 0.15) is 11.3 Å². The lowest BCUT2D eigenvalue weighted by molar-refractivity contribution is 0.0205. The van der Waals surface area contributed by atoms with E-state index in [1.807, 2.05) is 6.92 Å². The van der Waals surface area contributed by atoms with Crippen LogP contribution in [-0.2, 0) is 16.0 Å². The molecule has 2 heterocycles. The molecule has 0 radical (unpaired) electrons. The van der Waals surface area contributed by atoms with Crippen molar-refractivity contribution in [2.75, 3.05) is 51.1 Å². The van der Waals surface area contributed by atoms with Crippen molar-refractivity contribution in [1.29, 1.82) is 0 Å². The van der Waals surface area contributed by atoms with Crippen molar-refractivity contribution in [3.63, 3.8) is 0 Å². The second kappa shape index (κ2) is 10.9. The van der Waals surface area contributed by atoms with Crippen LogP contribution in [0.3, 0.4) is 0 Å². The number of piperazine rings is 1. The van der Waals surface area contributed by atoms with Gasteiger partial charge in [-0.2, -0.15) is 0 Å². The third-order valence-electron chi connectivity index (χ3n) is 5.13. The van der Waals surface area contributed by atoms with Gasteiger partial charge in [0.15, 0.2) is 0 Å². The molecule has 1 aromatic heterocycles. The topological polar surface area (TPSA) is 96.0 Å². The number of hydrogen-bond donors (Lipinski definition) is 2. The zero-order chi connectivity index (χ0) is 23.1. The fraction of sp³-hybridized carbons (Fsp3) is 0.409. The minimum atomic E-state index is -0.487. The maximum Gasteiger partial charge on any atom is 0.409 e. The molecular weight excluding hydrogens is 417 g/mol. The van der Waals surface area contributed by atoms with Crippen molar-refractivity contribution in [2.45, 2.75) is 19.5 Å². The van der Waals surface area contributed by atoms with E-state index in [9.17, 15) is 14.0 Å². The molecule has 10 heteroatoms. The van der Waals surface area contributed by atoms with E-state index in [4.69, 9.17) is 9.47 Å². The second-order valence-corrected chi connectivity index (χ2v) is 7.62. The van der Waals surface area contributed by atoms with E-state index in [1.54, 1.807) is 36.4 Å². The van der Waals surface area contributed by atoms with Gasteiger partial charge in [-0.05, 0) is 42.8 Å². The largest absolute Gasteiger partial charge is 0.453 e. The monoisotopic (exact) mass is 445 g/mol. The van der Waals surface area contributed by atoms with Gasteiger partial charge in [0.1, 0.15) is 5.82 Å². The Morgan fingerprint density at radius 2 is 1.94 bits per heavy atom. The Morgan fingerprint density at radius 3 is 2.62 bits per heavy atom. The molecule has 3 rings (SSSR count). The van der Waals surface area contributed by atoms with Gasteiger partial charge in [-0.25, -0.2) is 14.0 Å². The highest BCUT2D eigenvalue weighted by molar-refractivity contribution is 5.99. The molecular formula is C22H28FN5O4. The summed E-state index contributed by atoms with van der Waals surface area (Å²) in [7, 11) is 2.93. The normalized spacial score (nSPS) is 16.5. The minimum Gasteiger partial charge on any atom is -0.453 e. The highest BCUT2D eigenvalue weighted by Gasteiger charge is 2.31. The number of ether oxygens (including phenoxy) is 2. The third kappa shape index (κ3) is 6.38. The van der Waals surface area contributed by atoms with Gasteiger partial charge in [-0.1, -0.05) is 0 Å². The van der Waals surface area contributed by atoms with Gasteiger partial charge < -0.3 is 25.0 Å². The number of pyridine rings is 1. The van der Waals surface area contributed by atoms with Gasteiger partial charge in [0.25, 0.3) is 0 Å². The number of rotatable bonds is 6. The molecule has 3 amide bonds. The summed E-state index contributed by atoms with van der Waals surface area (Å²) in [6.45, 7) is 4.33. The molecule has 1 aliphatic rings. The number of aryl methyl sites for hydroxylation is 1. The molecule has 0 aliphatic carbocycles. The number of halogens is 1. The molecule has 1 aliphatic heterocycles. The molecule has 9 nitrogen and oxygen atoms in total. The van der Waals surface area contributed by atoms with Crippen molar-refractivity contribution in [2.24, 2.45) is 0 Å². The fourth-order valence-electron chi connectivity index (χ4n) is 3.66. The van der Waals surface area contributed by atoms with Crippen LogP contribution in [0, 0.1) is 12.7 Å². The molecule has 1 atom stereocenters. The van der Waals surface area contributed by atoms with Crippen molar-refractivity contribution in [3.05, 3.63) is 53.6 Å². The van der Waals surface area contributed by atoms with Crippen molar-refractivity contribution >= 4 is 23.5 Å². The molecule has 32 heavy (non-hydrogen) atoms. The lowest BCUT2D eigenvalue weighted by Gasteiger charge is -2.40. The van der Waals surface area contributed by atoms with Crippen LogP contribution < -0.4 is 10.6 Å². The molecule has 1 aromatic carbocycles. The Bertz CT molecular complexity index is 940. The molecule has 0 unspecified atom stereocenters. The summed E-state index contributed by atoms with van der Waals surface area (Å²) in [5.74, 6) is -0.448. The number of methoxy groups -OCH3 is 2. The molecule has 0 spiro atoms. The van der Waals surface area contributed by atoms with Gasteiger partial charge in [-0.3, -0.25) is 9.88 Å². The first kappa shape index (κ1) is 23.4. The van der Waals surface area contributed by atoms with Crippen molar-refractivity contribution < 1.29 is 23.5 Å². The average molecular weight is 445 g/mol. The predicted molar refractivity (Wildman–Crippen MR) is 118 cm³/mol. The highest BCUT2D eigenvalue weighted by atomic mass is 19.1. The Hall–Kier alpha value is -3.24. The number of aromatic nitrogens is 1. The summed E-state index contributed by atoms with van der Waals surface area (Å²) in [5.41, 5.74) is 2.43. The Labute approximate surface area is 186 Å². The van der Waals surface area contributed by atoms with Crippen molar-refractivity contribution in [3.8, 4) is 0 Å². The van der Waals surface area contributed by atoms with E-state index < -0.39 is 17.9 Å². The standard InChI is InChI=1S/C22H28FN5O4/c1-15-4-5-18(11-24-15)25-21(29)26-19-9-16(8-17(23)10-19)12-27-6-7-28(22(30)32-3)20(13-27)14-31-2/h4-5,8-11,20H,6-7,12-14H2,1-3H3,(H2,25,26,29)/t20-/m0/s1. The second-order valence-electron chi connectivity index (χ2n) is 7.62. The number of amides is 3. The Balaban J connectivity index is 1.63.